The number of anilines is 2. The van der Waals surface area contributed by atoms with Crippen LogP contribution in [0.15, 0.2) is 30.6 Å². The second kappa shape index (κ2) is 6.32. The minimum atomic E-state index is -0.194. The Labute approximate surface area is 118 Å². The lowest BCUT2D eigenvalue weighted by molar-refractivity contribution is 0.607. The maximum atomic E-state index is 13.7. The Morgan fingerprint density at radius 1 is 1.25 bits per heavy atom. The molecule has 1 N–H and O–H groups in total. The number of nitrogens with zero attached hydrogens (tertiary/aromatic N) is 3. The van der Waals surface area contributed by atoms with Crippen molar-refractivity contribution in [2.45, 2.75) is 19.9 Å². The van der Waals surface area contributed by atoms with E-state index in [4.69, 9.17) is 0 Å². The molecule has 106 valence electrons. The van der Waals surface area contributed by atoms with Crippen LogP contribution >= 0.6 is 0 Å². The maximum Gasteiger partial charge on any atom is 0.137 e. The van der Waals surface area contributed by atoms with E-state index in [1.807, 2.05) is 25.1 Å². The van der Waals surface area contributed by atoms with Gasteiger partial charge in [0.2, 0.25) is 0 Å². The number of halogens is 1. The van der Waals surface area contributed by atoms with Gasteiger partial charge in [0.15, 0.2) is 0 Å². The molecule has 0 aliphatic heterocycles. The smallest absolute Gasteiger partial charge is 0.137 e. The number of hydrogen-bond donors (Lipinski definition) is 1. The first-order valence-corrected chi connectivity index (χ1v) is 6.63. The minimum absolute atomic E-state index is 0.194. The summed E-state index contributed by atoms with van der Waals surface area (Å²) in [5.41, 5.74) is 1.69. The first kappa shape index (κ1) is 14.2. The molecule has 1 aromatic carbocycles. The number of rotatable bonds is 5. The van der Waals surface area contributed by atoms with Crippen molar-refractivity contribution in [2.24, 2.45) is 0 Å². The van der Waals surface area contributed by atoms with Crippen LogP contribution < -0.4 is 10.2 Å². The molecule has 0 atom stereocenters. The van der Waals surface area contributed by atoms with Crippen molar-refractivity contribution in [3.05, 3.63) is 47.5 Å². The zero-order valence-corrected chi connectivity index (χ0v) is 12.0. The normalized spacial score (nSPS) is 10.4. The van der Waals surface area contributed by atoms with Crippen molar-refractivity contribution in [3.63, 3.8) is 0 Å². The Hall–Kier alpha value is -2.17. The Morgan fingerprint density at radius 2 is 2.00 bits per heavy atom. The Kier molecular flexibility index (Phi) is 4.50. The van der Waals surface area contributed by atoms with Crippen molar-refractivity contribution in [3.8, 4) is 0 Å². The molecule has 0 unspecified atom stereocenters. The van der Waals surface area contributed by atoms with E-state index in [-0.39, 0.29) is 5.82 Å². The first-order chi connectivity index (χ1) is 9.67. The molecule has 0 aliphatic rings. The van der Waals surface area contributed by atoms with Gasteiger partial charge in [0.1, 0.15) is 23.8 Å². The summed E-state index contributed by atoms with van der Waals surface area (Å²) in [6, 6.07) is 6.80. The van der Waals surface area contributed by atoms with Gasteiger partial charge in [-0.05, 0) is 12.5 Å². The van der Waals surface area contributed by atoms with Gasteiger partial charge in [-0.1, -0.05) is 25.1 Å². The molecule has 2 rings (SSSR count). The van der Waals surface area contributed by atoms with Crippen molar-refractivity contribution < 1.29 is 4.39 Å². The molecule has 2 aromatic rings. The van der Waals surface area contributed by atoms with Gasteiger partial charge in [0, 0.05) is 31.8 Å². The van der Waals surface area contributed by atoms with Gasteiger partial charge in [-0.2, -0.15) is 0 Å². The number of aromatic nitrogens is 2. The van der Waals surface area contributed by atoms with E-state index in [2.05, 4.69) is 22.2 Å². The number of nitrogens with one attached hydrogen (secondary N) is 1. The van der Waals surface area contributed by atoms with Gasteiger partial charge < -0.3 is 10.2 Å². The zero-order chi connectivity index (χ0) is 14.5. The predicted octanol–water partition coefficient (Wildman–Crippen LogP) is 2.86. The van der Waals surface area contributed by atoms with E-state index >= 15 is 0 Å². The summed E-state index contributed by atoms with van der Waals surface area (Å²) in [6.45, 7) is 2.53. The van der Waals surface area contributed by atoms with Crippen LogP contribution in [0, 0.1) is 5.82 Å². The molecule has 4 nitrogen and oxygen atoms in total. The molecule has 5 heteroatoms. The highest BCUT2D eigenvalue weighted by atomic mass is 19.1. The lowest BCUT2D eigenvalue weighted by Crippen LogP contribution is -2.21. The Bertz CT molecular complexity index is 586. The summed E-state index contributed by atoms with van der Waals surface area (Å²) in [7, 11) is 3.75. The van der Waals surface area contributed by atoms with Gasteiger partial charge >= 0.3 is 0 Å². The highest BCUT2D eigenvalue weighted by molar-refractivity contribution is 5.58. The summed E-state index contributed by atoms with van der Waals surface area (Å²) in [5.74, 6) is 1.45. The lowest BCUT2D eigenvalue weighted by atomic mass is 10.1. The van der Waals surface area contributed by atoms with E-state index in [9.17, 15) is 4.39 Å². The SMILES string of the molecule is CCc1c(NC)ncnc1N(C)Cc1ccccc1F. The molecule has 0 saturated heterocycles. The third-order valence-electron chi connectivity index (χ3n) is 3.24. The highest BCUT2D eigenvalue weighted by Gasteiger charge is 2.14. The molecule has 0 radical (unpaired) electrons. The van der Waals surface area contributed by atoms with Gasteiger partial charge in [-0.25, -0.2) is 14.4 Å². The molecule has 0 aliphatic carbocycles. The highest BCUT2D eigenvalue weighted by Crippen LogP contribution is 2.24. The van der Waals surface area contributed by atoms with Crippen molar-refractivity contribution in [1.82, 2.24) is 9.97 Å². The molecule has 0 fully saturated rings. The lowest BCUT2D eigenvalue weighted by Gasteiger charge is -2.22. The second-order valence-corrected chi connectivity index (χ2v) is 4.58. The number of hydrogen-bond acceptors (Lipinski definition) is 4. The fraction of sp³-hybridized carbons (Fsp3) is 0.333. The summed E-state index contributed by atoms with van der Waals surface area (Å²) >= 11 is 0. The topological polar surface area (TPSA) is 41.1 Å². The van der Waals surface area contributed by atoms with Crippen molar-refractivity contribution >= 4 is 11.6 Å². The quantitative estimate of drug-likeness (QED) is 0.910. The summed E-state index contributed by atoms with van der Waals surface area (Å²) in [4.78, 5) is 10.5. The fourth-order valence-corrected chi connectivity index (χ4v) is 2.23. The van der Waals surface area contributed by atoms with Crippen LogP contribution in [0.1, 0.15) is 18.1 Å². The molecular formula is C15H19FN4. The van der Waals surface area contributed by atoms with E-state index in [0.717, 1.165) is 23.6 Å². The largest absolute Gasteiger partial charge is 0.373 e. The van der Waals surface area contributed by atoms with Crippen LogP contribution in [-0.4, -0.2) is 24.1 Å². The predicted molar refractivity (Wildman–Crippen MR) is 79.5 cm³/mol. The molecule has 1 heterocycles. The van der Waals surface area contributed by atoms with E-state index < -0.39 is 0 Å². The van der Waals surface area contributed by atoms with E-state index in [1.165, 1.54) is 12.4 Å². The van der Waals surface area contributed by atoms with Crippen molar-refractivity contribution in [1.29, 1.82) is 0 Å². The first-order valence-electron chi connectivity index (χ1n) is 6.63. The van der Waals surface area contributed by atoms with Crippen LogP contribution in [-0.2, 0) is 13.0 Å². The third kappa shape index (κ3) is 2.87. The average molecular weight is 274 g/mol. The van der Waals surface area contributed by atoms with Gasteiger partial charge in [-0.3, -0.25) is 0 Å². The molecule has 0 amide bonds. The molecule has 1 aromatic heterocycles. The monoisotopic (exact) mass is 274 g/mol. The number of benzene rings is 1. The second-order valence-electron chi connectivity index (χ2n) is 4.58. The van der Waals surface area contributed by atoms with Crippen LogP contribution in [0.25, 0.3) is 0 Å². The van der Waals surface area contributed by atoms with Gasteiger partial charge in [0.05, 0.1) is 0 Å². The molecular weight excluding hydrogens is 255 g/mol. The molecule has 20 heavy (non-hydrogen) atoms. The van der Waals surface area contributed by atoms with Crippen molar-refractivity contribution in [2.75, 3.05) is 24.3 Å². The zero-order valence-electron chi connectivity index (χ0n) is 12.0. The average Bonchev–Trinajstić information content (AvgIpc) is 2.48. The van der Waals surface area contributed by atoms with E-state index in [0.29, 0.717) is 12.1 Å². The van der Waals surface area contributed by atoms with Gasteiger partial charge in [-0.15, -0.1) is 0 Å². The van der Waals surface area contributed by atoms with Crippen LogP contribution in [0.5, 0.6) is 0 Å². The Morgan fingerprint density at radius 3 is 2.65 bits per heavy atom. The molecule has 0 saturated carbocycles. The maximum absolute atomic E-state index is 13.7. The summed E-state index contributed by atoms with van der Waals surface area (Å²) in [6.07, 6.45) is 2.34. The van der Waals surface area contributed by atoms with Crippen LogP contribution in [0.2, 0.25) is 0 Å². The standard InChI is InChI=1S/C15H19FN4/c1-4-12-14(17-2)18-10-19-15(12)20(3)9-11-7-5-6-8-13(11)16/h5-8,10H,4,9H2,1-3H3,(H,17,18,19). The minimum Gasteiger partial charge on any atom is -0.373 e. The molecule has 0 spiro atoms. The van der Waals surface area contributed by atoms with Crippen LogP contribution in [0.3, 0.4) is 0 Å². The van der Waals surface area contributed by atoms with Crippen LogP contribution in [0.4, 0.5) is 16.0 Å². The fourth-order valence-electron chi connectivity index (χ4n) is 2.23. The summed E-state index contributed by atoms with van der Waals surface area (Å²) < 4.78 is 13.7. The van der Waals surface area contributed by atoms with E-state index in [1.54, 1.807) is 12.1 Å². The Balaban J connectivity index is 2.30. The molecule has 0 bridgehead atoms. The van der Waals surface area contributed by atoms with Gasteiger partial charge in [0.25, 0.3) is 0 Å². The third-order valence-corrected chi connectivity index (χ3v) is 3.24. The summed E-state index contributed by atoms with van der Waals surface area (Å²) in [5, 5.41) is 3.07.